The summed E-state index contributed by atoms with van der Waals surface area (Å²) < 4.78 is 47.5. The van der Waals surface area contributed by atoms with Crippen molar-refractivity contribution < 1.29 is 42.0 Å². The Morgan fingerprint density at radius 1 is 0.935 bits per heavy atom. The van der Waals surface area contributed by atoms with E-state index in [-0.39, 0.29) is 35.0 Å². The average molecular weight is 507 g/mol. The lowest BCUT2D eigenvalue weighted by molar-refractivity contribution is -0.204. The van der Waals surface area contributed by atoms with Crippen LogP contribution >= 0.6 is 31.3 Å². The highest BCUT2D eigenvalue weighted by Crippen LogP contribution is 2.50. The summed E-state index contributed by atoms with van der Waals surface area (Å²) in [5.41, 5.74) is -1.08. The fraction of sp³-hybridized carbons (Fsp3) is 0.895. The molecule has 0 radical (unpaired) electrons. The van der Waals surface area contributed by atoms with Crippen molar-refractivity contribution in [3.63, 3.8) is 0 Å². The summed E-state index contributed by atoms with van der Waals surface area (Å²) in [5.74, 6) is -2.24. The normalized spacial score (nSPS) is 16.1. The Morgan fingerprint density at radius 2 is 1.32 bits per heavy atom. The molecule has 0 fully saturated rings. The molecule has 8 nitrogen and oxygen atoms in total. The maximum atomic E-state index is 14.5. The van der Waals surface area contributed by atoms with E-state index < -0.39 is 37.2 Å². The maximum Gasteiger partial charge on any atom is 0.475 e. The van der Waals surface area contributed by atoms with Crippen molar-refractivity contribution >= 4 is 41.6 Å². The molecule has 0 amide bonds. The number of hydrogen-bond acceptors (Lipinski definition) is 10. The van der Waals surface area contributed by atoms with Crippen LogP contribution in [0.5, 0.6) is 0 Å². The van der Waals surface area contributed by atoms with Crippen LogP contribution < -0.4 is 0 Å². The highest BCUT2D eigenvalue weighted by molar-refractivity contribution is 8.14. The topological polar surface area (TPSA) is 108 Å². The van der Waals surface area contributed by atoms with Crippen molar-refractivity contribution in [1.82, 2.24) is 0 Å². The quantitative estimate of drug-likeness (QED) is 0.284. The lowest BCUT2D eigenvalue weighted by Crippen LogP contribution is -2.42. The van der Waals surface area contributed by atoms with Crippen LogP contribution in [-0.4, -0.2) is 65.7 Å². The molecule has 0 aliphatic heterocycles. The van der Waals surface area contributed by atoms with Crippen molar-refractivity contribution in [2.45, 2.75) is 60.4 Å². The second-order valence-corrected chi connectivity index (χ2v) is 12.6. The van der Waals surface area contributed by atoms with E-state index in [1.165, 1.54) is 0 Å². The van der Waals surface area contributed by atoms with Crippen LogP contribution in [0.15, 0.2) is 0 Å². The Labute approximate surface area is 193 Å². The number of halogens is 1. The van der Waals surface area contributed by atoms with Gasteiger partial charge in [0, 0.05) is 29.4 Å². The molecule has 12 heteroatoms. The number of phosphoric ester groups is 1. The monoisotopic (exact) mass is 506 g/mol. The van der Waals surface area contributed by atoms with Gasteiger partial charge in [-0.2, -0.15) is 0 Å². The molecule has 0 aliphatic carbocycles. The largest absolute Gasteiger partial charge is 0.475 e. The summed E-state index contributed by atoms with van der Waals surface area (Å²) in [4.78, 5) is 23.9. The van der Waals surface area contributed by atoms with Crippen LogP contribution in [0, 0.1) is 10.8 Å². The van der Waals surface area contributed by atoms with E-state index in [0.29, 0.717) is 0 Å². The van der Waals surface area contributed by atoms with Crippen molar-refractivity contribution in [2.24, 2.45) is 10.8 Å². The van der Waals surface area contributed by atoms with E-state index in [0.717, 1.165) is 37.6 Å². The SMILES string of the molecule is CO[C@](F)(COP(=O)(OCCSC(=O)C(C)(C)C)OCCSC(=O)C(C)(C)C)[C@H](C)O. The number of carbonyl (C=O) groups excluding carboxylic acids is 2. The zero-order chi connectivity index (χ0) is 24.5. The van der Waals surface area contributed by atoms with Crippen molar-refractivity contribution in [3.05, 3.63) is 0 Å². The first-order valence-corrected chi connectivity index (χ1v) is 13.2. The summed E-state index contributed by atoms with van der Waals surface area (Å²) in [5, 5.41) is 9.40. The minimum atomic E-state index is -4.25. The molecule has 0 bridgehead atoms. The molecule has 0 unspecified atom stereocenters. The molecule has 0 rings (SSSR count). The number of thioether (sulfide) groups is 2. The van der Waals surface area contributed by atoms with Gasteiger partial charge in [0.25, 0.3) is 5.85 Å². The molecular formula is C19H36FO8PS2. The van der Waals surface area contributed by atoms with E-state index in [1.54, 1.807) is 41.5 Å². The number of carbonyl (C=O) groups is 2. The second-order valence-electron chi connectivity index (χ2n) is 8.83. The molecule has 0 spiro atoms. The van der Waals surface area contributed by atoms with E-state index in [2.05, 4.69) is 4.74 Å². The lowest BCUT2D eigenvalue weighted by Gasteiger charge is -2.28. The van der Waals surface area contributed by atoms with E-state index in [9.17, 15) is 23.7 Å². The first-order chi connectivity index (χ1) is 14.0. The van der Waals surface area contributed by atoms with Gasteiger partial charge in [-0.15, -0.1) is 0 Å². The van der Waals surface area contributed by atoms with Gasteiger partial charge in [0.2, 0.25) is 0 Å². The Morgan fingerprint density at radius 3 is 1.61 bits per heavy atom. The number of alkyl halides is 1. The fourth-order valence-electron chi connectivity index (χ4n) is 1.63. The molecule has 0 heterocycles. The van der Waals surface area contributed by atoms with Gasteiger partial charge in [-0.25, -0.2) is 8.96 Å². The standard InChI is InChI=1S/C19H36FO8PS2/c1-14(21)19(20,25-8)13-28-29(24,26-9-11-30-15(22)17(2,3)4)27-10-12-31-16(23)18(5,6)7/h14,21H,9-13H2,1-8H3/t14-,19+/m0/s1. The van der Waals surface area contributed by atoms with Crippen LogP contribution in [0.1, 0.15) is 48.5 Å². The Bertz CT molecular complexity index is 595. The number of ether oxygens (including phenoxy) is 1. The molecule has 1 N–H and O–H groups in total. The summed E-state index contributed by atoms with van der Waals surface area (Å²) in [6.45, 7) is 10.6. The first-order valence-electron chi connectivity index (χ1n) is 9.77. The maximum absolute atomic E-state index is 14.5. The zero-order valence-electron chi connectivity index (χ0n) is 19.6. The van der Waals surface area contributed by atoms with Crippen LogP contribution in [0.2, 0.25) is 0 Å². The third kappa shape index (κ3) is 12.1. The highest BCUT2D eigenvalue weighted by atomic mass is 32.2. The summed E-state index contributed by atoms with van der Waals surface area (Å²) >= 11 is 2.02. The molecule has 0 aromatic carbocycles. The highest BCUT2D eigenvalue weighted by Gasteiger charge is 2.40. The number of hydrogen-bond donors (Lipinski definition) is 1. The zero-order valence-corrected chi connectivity index (χ0v) is 22.1. The molecule has 0 aliphatic rings. The van der Waals surface area contributed by atoms with Gasteiger partial charge in [-0.05, 0) is 6.92 Å². The first kappa shape index (κ1) is 31.0. The minimum Gasteiger partial charge on any atom is -0.387 e. The fourth-order valence-corrected chi connectivity index (χ4v) is 4.63. The van der Waals surface area contributed by atoms with E-state index in [4.69, 9.17) is 13.6 Å². The van der Waals surface area contributed by atoms with Gasteiger partial charge in [0.05, 0.1) is 13.2 Å². The Kier molecular flexibility index (Phi) is 13.0. The molecular weight excluding hydrogens is 470 g/mol. The van der Waals surface area contributed by atoms with Gasteiger partial charge in [0.1, 0.15) is 12.7 Å². The number of rotatable bonds is 13. The Hall–Kier alpha value is -0.0000000000000000763. The average Bonchev–Trinajstić information content (AvgIpc) is 2.64. The predicted molar refractivity (Wildman–Crippen MR) is 122 cm³/mol. The van der Waals surface area contributed by atoms with Crippen molar-refractivity contribution in [1.29, 1.82) is 0 Å². The number of methoxy groups -OCH3 is 1. The van der Waals surface area contributed by atoms with Crippen molar-refractivity contribution in [2.75, 3.05) is 38.4 Å². The smallest absolute Gasteiger partial charge is 0.387 e. The minimum absolute atomic E-state index is 0.0684. The molecule has 184 valence electrons. The summed E-state index contributed by atoms with van der Waals surface area (Å²) in [6, 6.07) is 0. The van der Waals surface area contributed by atoms with Gasteiger partial charge < -0.3 is 9.84 Å². The van der Waals surface area contributed by atoms with E-state index >= 15 is 0 Å². The molecule has 31 heavy (non-hydrogen) atoms. The van der Waals surface area contributed by atoms with Gasteiger partial charge in [0.15, 0.2) is 10.2 Å². The van der Waals surface area contributed by atoms with Gasteiger partial charge >= 0.3 is 7.82 Å². The number of aliphatic hydroxyl groups excluding tert-OH is 1. The van der Waals surface area contributed by atoms with E-state index in [1.807, 2.05) is 0 Å². The third-order valence-electron chi connectivity index (χ3n) is 3.74. The molecule has 0 saturated carbocycles. The summed E-state index contributed by atoms with van der Waals surface area (Å²) in [6.07, 6.45) is -1.56. The van der Waals surface area contributed by atoms with Crippen LogP contribution in [0.3, 0.4) is 0 Å². The predicted octanol–water partition coefficient (Wildman–Crippen LogP) is 4.45. The lowest BCUT2D eigenvalue weighted by atomic mass is 9.99. The molecule has 2 atom stereocenters. The summed E-state index contributed by atoms with van der Waals surface area (Å²) in [7, 11) is -3.22. The molecule has 0 saturated heterocycles. The third-order valence-corrected chi connectivity index (χ3v) is 7.67. The van der Waals surface area contributed by atoms with Crippen molar-refractivity contribution in [3.8, 4) is 0 Å². The Balaban J connectivity index is 4.93. The van der Waals surface area contributed by atoms with Gasteiger partial charge in [-0.3, -0.25) is 23.2 Å². The molecule has 0 aromatic rings. The van der Waals surface area contributed by atoms with Crippen LogP contribution in [0.25, 0.3) is 0 Å². The van der Waals surface area contributed by atoms with Crippen LogP contribution in [-0.2, 0) is 32.5 Å². The van der Waals surface area contributed by atoms with Gasteiger partial charge in [-0.1, -0.05) is 65.1 Å². The second kappa shape index (κ2) is 13.0. The number of aliphatic hydroxyl groups is 1. The molecule has 0 aromatic heterocycles. The number of phosphoric acid groups is 1. The van der Waals surface area contributed by atoms with Crippen LogP contribution in [0.4, 0.5) is 4.39 Å².